The molecule has 19 heavy (non-hydrogen) atoms. The van der Waals surface area contributed by atoms with Crippen molar-refractivity contribution in [1.82, 2.24) is 0 Å². The van der Waals surface area contributed by atoms with Crippen LogP contribution in [0.5, 0.6) is 0 Å². The van der Waals surface area contributed by atoms with Gasteiger partial charge in [0.15, 0.2) is 0 Å². The van der Waals surface area contributed by atoms with Crippen LogP contribution >= 0.6 is 0 Å². The van der Waals surface area contributed by atoms with Crippen molar-refractivity contribution in [1.29, 1.82) is 0 Å². The lowest BCUT2D eigenvalue weighted by Gasteiger charge is -2.07. The van der Waals surface area contributed by atoms with Gasteiger partial charge in [-0.1, -0.05) is 0 Å². The predicted octanol–water partition coefficient (Wildman–Crippen LogP) is 0.777. The first kappa shape index (κ1) is 15.0. The van der Waals surface area contributed by atoms with E-state index in [0.717, 1.165) is 5.69 Å². The molecule has 0 unspecified atom stereocenters. The first-order valence-electron chi connectivity index (χ1n) is 6.00. The molecule has 0 aromatic heterocycles. The molecule has 6 nitrogen and oxygen atoms in total. The van der Waals surface area contributed by atoms with Crippen LogP contribution in [0.2, 0.25) is 0 Å². The SMILES string of the molecule is CCOC(=O)COCCNc1ccc(C(N)=O)cc1. The lowest BCUT2D eigenvalue weighted by Crippen LogP contribution is -2.16. The van der Waals surface area contributed by atoms with Crippen LogP contribution in [0.1, 0.15) is 17.3 Å². The number of anilines is 1. The number of carbonyl (C=O) groups excluding carboxylic acids is 2. The number of amides is 1. The van der Waals surface area contributed by atoms with Crippen LogP contribution in [0.25, 0.3) is 0 Å². The van der Waals surface area contributed by atoms with Crippen molar-refractivity contribution in [2.24, 2.45) is 5.73 Å². The van der Waals surface area contributed by atoms with Gasteiger partial charge in [0.2, 0.25) is 5.91 Å². The number of carbonyl (C=O) groups is 2. The number of esters is 1. The number of nitrogens with two attached hydrogens (primary N) is 1. The molecule has 0 heterocycles. The number of benzene rings is 1. The number of nitrogens with one attached hydrogen (secondary N) is 1. The van der Waals surface area contributed by atoms with Gasteiger partial charge in [0.25, 0.3) is 0 Å². The van der Waals surface area contributed by atoms with Crippen molar-refractivity contribution in [3.63, 3.8) is 0 Å². The van der Waals surface area contributed by atoms with Gasteiger partial charge >= 0.3 is 5.97 Å². The van der Waals surface area contributed by atoms with Crippen LogP contribution in [-0.2, 0) is 14.3 Å². The van der Waals surface area contributed by atoms with Gasteiger partial charge in [-0.25, -0.2) is 4.79 Å². The molecule has 0 aliphatic carbocycles. The van der Waals surface area contributed by atoms with E-state index in [2.05, 4.69) is 5.32 Å². The van der Waals surface area contributed by atoms with E-state index in [9.17, 15) is 9.59 Å². The van der Waals surface area contributed by atoms with Gasteiger partial charge in [0, 0.05) is 17.8 Å². The number of primary amides is 1. The Morgan fingerprint density at radius 1 is 1.26 bits per heavy atom. The molecule has 0 saturated heterocycles. The van der Waals surface area contributed by atoms with E-state index in [1.165, 1.54) is 0 Å². The van der Waals surface area contributed by atoms with Gasteiger partial charge in [-0.3, -0.25) is 4.79 Å². The van der Waals surface area contributed by atoms with Gasteiger partial charge in [-0.05, 0) is 31.2 Å². The number of rotatable bonds is 8. The molecular weight excluding hydrogens is 248 g/mol. The van der Waals surface area contributed by atoms with Gasteiger partial charge in [0.1, 0.15) is 6.61 Å². The van der Waals surface area contributed by atoms with Gasteiger partial charge in [-0.2, -0.15) is 0 Å². The molecular formula is C13H18N2O4. The molecule has 0 atom stereocenters. The average Bonchev–Trinajstić information content (AvgIpc) is 2.39. The summed E-state index contributed by atoms with van der Waals surface area (Å²) in [6.07, 6.45) is 0. The topological polar surface area (TPSA) is 90.7 Å². The zero-order valence-corrected chi connectivity index (χ0v) is 10.8. The number of hydrogen-bond acceptors (Lipinski definition) is 5. The Balaban J connectivity index is 2.19. The maximum absolute atomic E-state index is 11.0. The molecule has 0 aliphatic rings. The Bertz CT molecular complexity index is 417. The van der Waals surface area contributed by atoms with E-state index >= 15 is 0 Å². The second-order valence-corrected chi connectivity index (χ2v) is 3.73. The third-order valence-electron chi connectivity index (χ3n) is 2.27. The molecule has 0 aliphatic heterocycles. The van der Waals surface area contributed by atoms with Gasteiger partial charge in [-0.15, -0.1) is 0 Å². The summed E-state index contributed by atoms with van der Waals surface area (Å²) in [5.74, 6) is -0.822. The fourth-order valence-corrected chi connectivity index (χ4v) is 1.38. The number of ether oxygens (including phenoxy) is 2. The van der Waals surface area contributed by atoms with Crippen molar-refractivity contribution < 1.29 is 19.1 Å². The van der Waals surface area contributed by atoms with Crippen molar-refractivity contribution in [2.45, 2.75) is 6.92 Å². The normalized spacial score (nSPS) is 9.95. The van der Waals surface area contributed by atoms with Crippen molar-refractivity contribution in [3.05, 3.63) is 29.8 Å². The minimum atomic E-state index is -0.454. The molecule has 1 aromatic carbocycles. The summed E-state index contributed by atoms with van der Waals surface area (Å²) in [6.45, 7) is 2.99. The molecule has 1 amide bonds. The third-order valence-corrected chi connectivity index (χ3v) is 2.27. The summed E-state index contributed by atoms with van der Waals surface area (Å²) in [6, 6.07) is 6.80. The van der Waals surface area contributed by atoms with Crippen molar-refractivity contribution in [3.8, 4) is 0 Å². The van der Waals surface area contributed by atoms with Crippen molar-refractivity contribution >= 4 is 17.6 Å². The fourth-order valence-electron chi connectivity index (χ4n) is 1.38. The van der Waals surface area contributed by atoms with Crippen LogP contribution in [-0.4, -0.2) is 38.2 Å². The van der Waals surface area contributed by atoms with Crippen LogP contribution in [0.4, 0.5) is 5.69 Å². The molecule has 104 valence electrons. The number of hydrogen-bond donors (Lipinski definition) is 2. The fraction of sp³-hybridized carbons (Fsp3) is 0.385. The highest BCUT2D eigenvalue weighted by Crippen LogP contribution is 2.08. The highest BCUT2D eigenvalue weighted by atomic mass is 16.6. The minimum absolute atomic E-state index is 0.0455. The molecule has 0 bridgehead atoms. The third kappa shape index (κ3) is 5.87. The maximum atomic E-state index is 11.0. The summed E-state index contributed by atoms with van der Waals surface area (Å²) < 4.78 is 9.83. The second kappa shape index (κ2) is 8.10. The summed E-state index contributed by atoms with van der Waals surface area (Å²) in [5.41, 5.74) is 6.45. The molecule has 3 N–H and O–H groups in total. The van der Waals surface area contributed by atoms with E-state index in [1.807, 2.05) is 0 Å². The highest BCUT2D eigenvalue weighted by Gasteiger charge is 2.01. The van der Waals surface area contributed by atoms with Crippen LogP contribution in [0.15, 0.2) is 24.3 Å². The quantitative estimate of drug-likeness (QED) is 0.536. The molecule has 0 spiro atoms. The average molecular weight is 266 g/mol. The molecule has 0 saturated carbocycles. The Labute approximate surface area is 111 Å². The van der Waals surface area contributed by atoms with Gasteiger partial charge in [0.05, 0.1) is 13.2 Å². The molecule has 0 fully saturated rings. The largest absolute Gasteiger partial charge is 0.464 e. The predicted molar refractivity (Wildman–Crippen MR) is 70.9 cm³/mol. The van der Waals surface area contributed by atoms with E-state index in [0.29, 0.717) is 25.3 Å². The summed E-state index contributed by atoms with van der Waals surface area (Å²) >= 11 is 0. The zero-order valence-electron chi connectivity index (χ0n) is 10.8. The molecule has 1 rings (SSSR count). The lowest BCUT2D eigenvalue weighted by atomic mass is 10.2. The van der Waals surface area contributed by atoms with Crippen LogP contribution in [0.3, 0.4) is 0 Å². The first-order valence-corrected chi connectivity index (χ1v) is 6.00. The molecule has 1 aromatic rings. The van der Waals surface area contributed by atoms with Crippen LogP contribution < -0.4 is 11.1 Å². The van der Waals surface area contributed by atoms with Crippen molar-refractivity contribution in [2.75, 3.05) is 31.7 Å². The first-order chi connectivity index (χ1) is 9.13. The lowest BCUT2D eigenvalue weighted by molar-refractivity contribution is -0.148. The Hall–Kier alpha value is -2.08. The van der Waals surface area contributed by atoms with E-state index in [4.69, 9.17) is 15.2 Å². The standard InChI is InChI=1S/C13H18N2O4/c1-2-19-12(16)9-18-8-7-15-11-5-3-10(4-6-11)13(14)17/h3-6,15H,2,7-9H2,1H3,(H2,14,17). The highest BCUT2D eigenvalue weighted by molar-refractivity contribution is 5.93. The van der Waals surface area contributed by atoms with E-state index < -0.39 is 5.91 Å². The second-order valence-electron chi connectivity index (χ2n) is 3.73. The minimum Gasteiger partial charge on any atom is -0.464 e. The zero-order chi connectivity index (χ0) is 14.1. The summed E-state index contributed by atoms with van der Waals surface area (Å²) in [5, 5.41) is 3.09. The Morgan fingerprint density at radius 3 is 2.53 bits per heavy atom. The maximum Gasteiger partial charge on any atom is 0.332 e. The monoisotopic (exact) mass is 266 g/mol. The van der Waals surface area contributed by atoms with Crippen LogP contribution in [0, 0.1) is 0 Å². The van der Waals surface area contributed by atoms with Gasteiger partial charge < -0.3 is 20.5 Å². The Kier molecular flexibility index (Phi) is 6.38. The van der Waals surface area contributed by atoms with E-state index in [-0.39, 0.29) is 12.6 Å². The summed E-state index contributed by atoms with van der Waals surface area (Å²) in [7, 11) is 0. The summed E-state index contributed by atoms with van der Waals surface area (Å²) in [4.78, 5) is 21.8. The molecule has 6 heteroatoms. The Morgan fingerprint density at radius 2 is 1.95 bits per heavy atom. The van der Waals surface area contributed by atoms with E-state index in [1.54, 1.807) is 31.2 Å². The smallest absolute Gasteiger partial charge is 0.332 e. The molecule has 0 radical (unpaired) electrons.